The molecule has 21 heavy (non-hydrogen) atoms. The molecule has 7 heteroatoms. The Morgan fingerprint density at radius 2 is 1.81 bits per heavy atom. The maximum atomic E-state index is 13.0. The molecule has 0 unspecified atom stereocenters. The smallest absolute Gasteiger partial charge is 0.395 e. The van der Waals surface area contributed by atoms with Crippen molar-refractivity contribution in [2.45, 2.75) is 25.4 Å². The molecule has 0 spiro atoms. The van der Waals surface area contributed by atoms with Crippen LogP contribution in [0.1, 0.15) is 25.0 Å². The fourth-order valence-corrected chi connectivity index (χ4v) is 2.03. The largest absolute Gasteiger partial charge is 0.418 e. The van der Waals surface area contributed by atoms with E-state index >= 15 is 0 Å². The summed E-state index contributed by atoms with van der Waals surface area (Å²) in [6, 6.07) is 4.82. The summed E-state index contributed by atoms with van der Waals surface area (Å²) >= 11 is 0. The van der Waals surface area contributed by atoms with Gasteiger partial charge in [0.1, 0.15) is 0 Å². The van der Waals surface area contributed by atoms with Gasteiger partial charge in [0, 0.05) is 17.2 Å². The normalized spacial score (nSPS) is 12.7. The average Bonchev–Trinajstić information content (AvgIpc) is 2.80. The average molecular weight is 300 g/mol. The van der Waals surface area contributed by atoms with Gasteiger partial charge in [-0.2, -0.15) is 13.2 Å². The van der Waals surface area contributed by atoms with E-state index in [1.165, 1.54) is 24.4 Å². The third-order valence-corrected chi connectivity index (χ3v) is 3.35. The van der Waals surface area contributed by atoms with E-state index in [9.17, 15) is 23.1 Å². The van der Waals surface area contributed by atoms with Crippen LogP contribution in [0, 0.1) is 0 Å². The van der Waals surface area contributed by atoms with Gasteiger partial charge in [0.25, 0.3) is 5.56 Å². The van der Waals surface area contributed by atoms with Crippen LogP contribution in [-0.4, -0.2) is 21.5 Å². The molecule has 114 valence electrons. The van der Waals surface area contributed by atoms with Gasteiger partial charge in [-0.3, -0.25) is 9.89 Å². The number of rotatable bonds is 3. The molecule has 2 rings (SSSR count). The van der Waals surface area contributed by atoms with Crippen LogP contribution in [0.4, 0.5) is 13.2 Å². The zero-order valence-corrected chi connectivity index (χ0v) is 11.5. The number of para-hydroxylation sites is 1. The molecule has 0 aliphatic carbocycles. The third-order valence-electron chi connectivity index (χ3n) is 3.35. The molecule has 0 aliphatic rings. The Bertz CT molecular complexity index is 699. The fraction of sp³-hybridized carbons (Fsp3) is 0.357. The summed E-state index contributed by atoms with van der Waals surface area (Å²) in [6.45, 7) is 2.98. The quantitative estimate of drug-likeness (QED) is 0.915. The number of aliphatic hydroxyl groups excluding tert-OH is 1. The summed E-state index contributed by atoms with van der Waals surface area (Å²) in [5.74, 6) is 0. The molecule has 0 amide bonds. The second-order valence-corrected chi connectivity index (χ2v) is 5.38. The first kappa shape index (κ1) is 15.4. The standard InChI is InChI=1S/C14H15F3N2O2/c1-13(2,8-20)10-7-18-19(12(10)21)11-6-4-3-5-9(11)14(15,16)17/h3-7,18,20H,8H2,1-2H3. The lowest BCUT2D eigenvalue weighted by Crippen LogP contribution is -2.30. The highest BCUT2D eigenvalue weighted by molar-refractivity contribution is 5.42. The molecule has 1 aromatic carbocycles. The first-order valence-corrected chi connectivity index (χ1v) is 6.27. The maximum Gasteiger partial charge on any atom is 0.418 e. The molecule has 2 aromatic rings. The van der Waals surface area contributed by atoms with Crippen molar-refractivity contribution in [2.24, 2.45) is 0 Å². The molecule has 0 bridgehead atoms. The van der Waals surface area contributed by atoms with Crippen molar-refractivity contribution in [3.8, 4) is 5.69 Å². The Morgan fingerprint density at radius 1 is 1.19 bits per heavy atom. The first-order valence-electron chi connectivity index (χ1n) is 6.27. The molecule has 0 saturated heterocycles. The minimum Gasteiger partial charge on any atom is -0.395 e. The Kier molecular flexibility index (Phi) is 3.71. The van der Waals surface area contributed by atoms with Gasteiger partial charge >= 0.3 is 6.18 Å². The molecule has 0 fully saturated rings. The molecular formula is C14H15F3N2O2. The van der Waals surface area contributed by atoms with Crippen molar-refractivity contribution in [3.63, 3.8) is 0 Å². The number of hydrogen-bond donors (Lipinski definition) is 2. The van der Waals surface area contributed by atoms with E-state index in [0.29, 0.717) is 0 Å². The predicted molar refractivity (Wildman–Crippen MR) is 71.5 cm³/mol. The number of aromatic nitrogens is 2. The third kappa shape index (κ3) is 2.73. The van der Waals surface area contributed by atoms with Gasteiger partial charge in [-0.05, 0) is 12.1 Å². The van der Waals surface area contributed by atoms with Gasteiger partial charge in [0.15, 0.2) is 0 Å². The summed E-state index contributed by atoms with van der Waals surface area (Å²) in [7, 11) is 0. The second kappa shape index (κ2) is 5.07. The van der Waals surface area contributed by atoms with E-state index in [1.54, 1.807) is 13.8 Å². The number of nitrogens with zero attached hydrogens (tertiary/aromatic N) is 1. The number of alkyl halides is 3. The van der Waals surface area contributed by atoms with Crippen molar-refractivity contribution in [1.29, 1.82) is 0 Å². The fourth-order valence-electron chi connectivity index (χ4n) is 2.03. The maximum absolute atomic E-state index is 13.0. The Hall–Kier alpha value is -2.02. The van der Waals surface area contributed by atoms with Crippen LogP contribution in [0.15, 0.2) is 35.3 Å². The minimum absolute atomic E-state index is 0.224. The van der Waals surface area contributed by atoms with Crippen LogP contribution < -0.4 is 5.56 Å². The zero-order chi connectivity index (χ0) is 15.8. The number of H-pyrrole nitrogens is 1. The summed E-state index contributed by atoms with van der Waals surface area (Å²) in [6.07, 6.45) is -3.24. The van der Waals surface area contributed by atoms with Gasteiger partial charge < -0.3 is 5.11 Å². The minimum atomic E-state index is -4.56. The van der Waals surface area contributed by atoms with E-state index in [1.807, 2.05) is 0 Å². The lowest BCUT2D eigenvalue weighted by Gasteiger charge is -2.18. The molecule has 0 aliphatic heterocycles. The molecular weight excluding hydrogens is 285 g/mol. The Balaban J connectivity index is 2.64. The van der Waals surface area contributed by atoms with Gasteiger partial charge in [0.05, 0.1) is 17.9 Å². The van der Waals surface area contributed by atoms with E-state index in [4.69, 9.17) is 0 Å². The first-order chi connectivity index (χ1) is 9.68. The monoisotopic (exact) mass is 300 g/mol. The van der Waals surface area contributed by atoms with Crippen molar-refractivity contribution in [2.75, 3.05) is 6.61 Å². The highest BCUT2D eigenvalue weighted by atomic mass is 19.4. The Morgan fingerprint density at radius 3 is 2.38 bits per heavy atom. The number of nitrogens with one attached hydrogen (secondary N) is 1. The zero-order valence-electron chi connectivity index (χ0n) is 11.5. The predicted octanol–water partition coefficient (Wildman–Crippen LogP) is 2.45. The van der Waals surface area contributed by atoms with E-state index in [0.717, 1.165) is 10.7 Å². The highest BCUT2D eigenvalue weighted by Gasteiger charge is 2.35. The molecule has 0 radical (unpaired) electrons. The van der Waals surface area contributed by atoms with Crippen LogP contribution in [0.3, 0.4) is 0 Å². The van der Waals surface area contributed by atoms with Crippen molar-refractivity contribution >= 4 is 0 Å². The van der Waals surface area contributed by atoms with Crippen LogP contribution in [0.25, 0.3) is 5.69 Å². The molecule has 1 heterocycles. The number of aliphatic hydroxyl groups is 1. The van der Waals surface area contributed by atoms with Gasteiger partial charge in [-0.1, -0.05) is 26.0 Å². The van der Waals surface area contributed by atoms with Gasteiger partial charge in [0.2, 0.25) is 0 Å². The summed E-state index contributed by atoms with van der Waals surface area (Å²) < 4.78 is 39.9. The molecule has 4 nitrogen and oxygen atoms in total. The topological polar surface area (TPSA) is 58.0 Å². The van der Waals surface area contributed by atoms with Gasteiger partial charge in [-0.25, -0.2) is 4.68 Å². The van der Waals surface area contributed by atoms with Gasteiger partial charge in [-0.15, -0.1) is 0 Å². The number of hydrogen-bond acceptors (Lipinski definition) is 2. The number of halogens is 3. The van der Waals surface area contributed by atoms with Crippen LogP contribution >= 0.6 is 0 Å². The van der Waals surface area contributed by atoms with Crippen LogP contribution in [-0.2, 0) is 11.6 Å². The number of benzene rings is 1. The molecule has 0 atom stereocenters. The lowest BCUT2D eigenvalue weighted by molar-refractivity contribution is -0.137. The van der Waals surface area contributed by atoms with Crippen molar-refractivity contribution in [3.05, 3.63) is 51.9 Å². The summed E-state index contributed by atoms with van der Waals surface area (Å²) in [5, 5.41) is 11.8. The molecule has 2 N–H and O–H groups in total. The Labute approximate surface area is 118 Å². The van der Waals surface area contributed by atoms with Crippen molar-refractivity contribution in [1.82, 2.24) is 9.78 Å². The lowest BCUT2D eigenvalue weighted by atomic mass is 9.88. The summed E-state index contributed by atoms with van der Waals surface area (Å²) in [4.78, 5) is 12.3. The van der Waals surface area contributed by atoms with E-state index < -0.39 is 22.7 Å². The van der Waals surface area contributed by atoms with Crippen molar-refractivity contribution < 1.29 is 18.3 Å². The molecule has 0 saturated carbocycles. The highest BCUT2D eigenvalue weighted by Crippen LogP contribution is 2.33. The van der Waals surface area contributed by atoms with Crippen LogP contribution in [0.5, 0.6) is 0 Å². The van der Waals surface area contributed by atoms with E-state index in [2.05, 4.69) is 5.10 Å². The number of aromatic amines is 1. The second-order valence-electron chi connectivity index (χ2n) is 5.38. The van der Waals surface area contributed by atoms with Crippen LogP contribution in [0.2, 0.25) is 0 Å². The SMILES string of the molecule is CC(C)(CO)c1c[nH]n(-c2ccccc2C(F)(F)F)c1=O. The molecule has 1 aromatic heterocycles. The summed E-state index contributed by atoms with van der Waals surface area (Å²) in [5.41, 5.74) is -2.39. The van der Waals surface area contributed by atoms with E-state index in [-0.39, 0.29) is 17.9 Å².